The van der Waals surface area contributed by atoms with E-state index in [2.05, 4.69) is 112 Å². The monoisotopic (exact) mass is 776 g/mol. The van der Waals surface area contributed by atoms with E-state index in [1.807, 2.05) is 48.7 Å². The van der Waals surface area contributed by atoms with Crippen LogP contribution in [0.25, 0.3) is 44.6 Å². The molecule has 0 spiro atoms. The first-order valence-electron chi connectivity index (χ1n) is 15.0. The van der Waals surface area contributed by atoms with E-state index in [4.69, 9.17) is 4.42 Å². The topological polar surface area (TPSA) is 51.8 Å². The molecule has 0 N–H and O–H groups in total. The minimum absolute atomic E-state index is 0. The Labute approximate surface area is 276 Å². The average Bonchev–Trinajstić information content (AvgIpc) is 3.36. The van der Waals surface area contributed by atoms with Gasteiger partial charge in [-0.15, -0.1) is 54.1 Å². The van der Waals surface area contributed by atoms with Gasteiger partial charge < -0.3 is 14.4 Å². The van der Waals surface area contributed by atoms with Crippen molar-refractivity contribution >= 4 is 35.3 Å². The molecule has 229 valence electrons. The summed E-state index contributed by atoms with van der Waals surface area (Å²) in [6.07, 6.45) is 6.83. The van der Waals surface area contributed by atoms with Crippen LogP contribution in [0.3, 0.4) is 0 Å². The number of benzene rings is 2. The van der Waals surface area contributed by atoms with Crippen molar-refractivity contribution in [1.82, 2.24) is 15.0 Å². The third-order valence-corrected chi connectivity index (χ3v) is 9.57. The molecule has 0 atom stereocenters. The van der Waals surface area contributed by atoms with Crippen molar-refractivity contribution in [2.45, 2.75) is 66.1 Å². The third kappa shape index (κ3) is 7.61. The molecule has 4 heterocycles. The molecular formula is C38H41IrN3OSi-2. The quantitative estimate of drug-likeness (QED) is 0.129. The third-order valence-electron chi connectivity index (χ3n) is 7.50. The summed E-state index contributed by atoms with van der Waals surface area (Å²) in [7, 11) is -1.34. The Balaban J connectivity index is 0.000000199. The zero-order valence-electron chi connectivity index (χ0n) is 27.0. The molecule has 6 rings (SSSR count). The maximum absolute atomic E-state index is 5.98. The average molecular weight is 776 g/mol. The Hall–Kier alpha value is -3.44. The fourth-order valence-electron chi connectivity index (χ4n) is 5.28. The second-order valence-corrected chi connectivity index (χ2v) is 18.6. The van der Waals surface area contributed by atoms with Gasteiger partial charge in [0.05, 0.1) is 13.7 Å². The van der Waals surface area contributed by atoms with Crippen LogP contribution in [0.4, 0.5) is 0 Å². The fourth-order valence-corrected chi connectivity index (χ4v) is 6.87. The molecule has 0 amide bonds. The molecule has 0 bridgehead atoms. The number of fused-ring (bicyclic) bond motifs is 3. The molecule has 0 fully saturated rings. The Morgan fingerprint density at radius 2 is 1.61 bits per heavy atom. The molecule has 0 saturated carbocycles. The summed E-state index contributed by atoms with van der Waals surface area (Å²) in [6, 6.07) is 29.0. The number of nitrogens with zero attached hydrogens (tertiary/aromatic N) is 3. The molecule has 44 heavy (non-hydrogen) atoms. The van der Waals surface area contributed by atoms with E-state index < -0.39 is 8.07 Å². The first kappa shape index (κ1) is 33.4. The van der Waals surface area contributed by atoms with E-state index in [0.29, 0.717) is 11.6 Å². The molecule has 1 radical (unpaired) electrons. The van der Waals surface area contributed by atoms with Crippen LogP contribution in [-0.4, -0.2) is 23.0 Å². The summed E-state index contributed by atoms with van der Waals surface area (Å²) in [5.74, 6) is 0.667. The minimum atomic E-state index is -1.34. The number of hydrogen-bond donors (Lipinski definition) is 0. The van der Waals surface area contributed by atoms with E-state index in [9.17, 15) is 0 Å². The summed E-state index contributed by atoms with van der Waals surface area (Å²) < 4.78 is 5.98. The van der Waals surface area contributed by atoms with Gasteiger partial charge in [0.25, 0.3) is 0 Å². The zero-order valence-corrected chi connectivity index (χ0v) is 30.3. The second-order valence-electron chi connectivity index (χ2n) is 13.6. The molecule has 6 aromatic rings. The van der Waals surface area contributed by atoms with E-state index in [0.717, 1.165) is 45.3 Å². The first-order chi connectivity index (χ1) is 20.4. The predicted molar refractivity (Wildman–Crippen MR) is 182 cm³/mol. The molecule has 0 aliphatic carbocycles. The van der Waals surface area contributed by atoms with Crippen molar-refractivity contribution in [2.75, 3.05) is 0 Å². The Bertz CT molecular complexity index is 1850. The molecular weight excluding hydrogens is 735 g/mol. The van der Waals surface area contributed by atoms with E-state index in [1.165, 1.54) is 16.3 Å². The Morgan fingerprint density at radius 3 is 2.30 bits per heavy atom. The summed E-state index contributed by atoms with van der Waals surface area (Å²) in [5.41, 5.74) is 8.11. The Morgan fingerprint density at radius 1 is 0.818 bits per heavy atom. The second kappa shape index (κ2) is 13.7. The number of furan rings is 1. The smallest absolute Gasteiger partial charge is 0.216 e. The number of rotatable bonds is 5. The van der Waals surface area contributed by atoms with Crippen molar-refractivity contribution in [1.29, 1.82) is 0 Å². The first-order valence-corrected chi connectivity index (χ1v) is 18.5. The van der Waals surface area contributed by atoms with E-state index in [1.54, 1.807) is 6.20 Å². The van der Waals surface area contributed by atoms with Crippen LogP contribution in [0.5, 0.6) is 0 Å². The normalized spacial score (nSPS) is 11.8. The van der Waals surface area contributed by atoms with Gasteiger partial charge >= 0.3 is 0 Å². The van der Waals surface area contributed by atoms with Crippen LogP contribution in [-0.2, 0) is 31.9 Å². The van der Waals surface area contributed by atoms with Gasteiger partial charge in [-0.2, -0.15) is 0 Å². The number of hydrogen-bond acceptors (Lipinski definition) is 4. The number of pyridine rings is 3. The van der Waals surface area contributed by atoms with Gasteiger partial charge in [-0.3, -0.25) is 0 Å². The van der Waals surface area contributed by atoms with Crippen LogP contribution in [0.15, 0.2) is 89.7 Å². The van der Waals surface area contributed by atoms with Crippen LogP contribution in [0.1, 0.15) is 45.7 Å². The molecule has 0 saturated heterocycles. The van der Waals surface area contributed by atoms with Crippen molar-refractivity contribution in [3.8, 4) is 22.5 Å². The summed E-state index contributed by atoms with van der Waals surface area (Å²) >= 11 is 0. The van der Waals surface area contributed by atoms with Crippen molar-refractivity contribution < 1.29 is 24.5 Å². The summed E-state index contributed by atoms with van der Waals surface area (Å²) in [6.45, 7) is 18.3. The minimum Gasteiger partial charge on any atom is -0.486 e. The molecule has 4 aromatic heterocycles. The largest absolute Gasteiger partial charge is 0.486 e. The van der Waals surface area contributed by atoms with Crippen LogP contribution < -0.4 is 5.19 Å². The molecule has 4 nitrogen and oxygen atoms in total. The maximum atomic E-state index is 5.98. The Kier molecular flexibility index (Phi) is 10.4. The van der Waals surface area contributed by atoms with E-state index in [-0.39, 0.29) is 25.5 Å². The standard InChI is InChI=1S/C20H17N2O.C18H24NSi.Ir/c1-20(2,3)13-9-11-21-17(12-13)16-7-4-6-14-15-8-5-10-22-19(15)23-18(14)16;1-14(2)11-16-12-17(15-9-7-6-8-10-15)19-13-18(16)20(3,4)5;/h4-6,8-12H,1-3H3;6-9,12-14H,11H2,1-5H3;/q2*-1;. The molecule has 2 aromatic carbocycles. The van der Waals surface area contributed by atoms with Gasteiger partial charge in [0.15, 0.2) is 0 Å². The summed E-state index contributed by atoms with van der Waals surface area (Å²) in [5, 5.41) is 3.56. The van der Waals surface area contributed by atoms with Gasteiger partial charge in [0.2, 0.25) is 5.71 Å². The van der Waals surface area contributed by atoms with Crippen molar-refractivity contribution in [3.63, 3.8) is 0 Å². The summed E-state index contributed by atoms with van der Waals surface area (Å²) in [4.78, 5) is 13.5. The van der Waals surface area contributed by atoms with E-state index >= 15 is 0 Å². The molecule has 0 unspecified atom stereocenters. The maximum Gasteiger partial charge on any atom is 0.216 e. The molecule has 0 aliphatic heterocycles. The van der Waals surface area contributed by atoms with Gasteiger partial charge in [0.1, 0.15) is 0 Å². The van der Waals surface area contributed by atoms with Crippen LogP contribution in [0, 0.1) is 18.1 Å². The molecule has 6 heteroatoms. The van der Waals surface area contributed by atoms with Crippen molar-refractivity contribution in [2.24, 2.45) is 5.92 Å². The SMILES string of the molecule is CC(C)(C)c1ccnc(-c2[c-]ccc3c2oc2ncccc23)c1.CC(C)Cc1cc(-c2[c-]cccc2)ncc1[Si](C)(C)C.[Ir]. The van der Waals surface area contributed by atoms with Gasteiger partial charge in [-0.05, 0) is 58.1 Å². The zero-order chi connectivity index (χ0) is 30.8. The van der Waals surface area contributed by atoms with Crippen molar-refractivity contribution in [3.05, 3.63) is 109 Å². The van der Waals surface area contributed by atoms with Gasteiger partial charge in [-0.1, -0.05) is 82.9 Å². The number of aromatic nitrogens is 3. The van der Waals surface area contributed by atoms with Crippen LogP contribution >= 0.6 is 0 Å². The predicted octanol–water partition coefficient (Wildman–Crippen LogP) is 9.43. The fraction of sp³-hybridized carbons (Fsp3) is 0.289. The van der Waals surface area contributed by atoms with Gasteiger partial charge in [-0.25, -0.2) is 4.98 Å². The van der Waals surface area contributed by atoms with Gasteiger partial charge in [0, 0.05) is 44.1 Å². The molecule has 0 aliphatic rings. The van der Waals surface area contributed by atoms with Crippen LogP contribution in [0.2, 0.25) is 19.6 Å².